The van der Waals surface area contributed by atoms with Crippen LogP contribution in [0, 0.1) is 0 Å². The standard InChI is InChI=1S/C78H135NO8/c1-3-5-7-9-11-13-15-17-19-21-23-25-27-29-31-33-34-35-36-37-38-40-42-44-46-48-50-52-54-56-58-60-62-64-66-68-74(82)79-71(70-86-78-77(85)76(84)75(83)73(69-80)87-78)72(81)67-65-63-61-59-57-55-53-51-49-47-45-43-41-39-32-30-28-26-24-22-20-18-16-14-12-10-8-6-4-2/h5,7,11,13,17,19,23,25,29,31,34-35,37-38,42,44,48,50,54,56,71-73,75-78,80-81,83-85H,3-4,6,8-10,12,14-16,18,20-22,24,26-28,30,32-33,36,39-41,43,45-47,49,51-53,55,57-70H2,1-2H3,(H,79,82)/b7-5-,13-11-,19-17-,25-23-,31-29-,35-34-,38-37-,44-42-,50-48-,56-54-. The molecule has 0 spiro atoms. The molecule has 1 saturated heterocycles. The maximum atomic E-state index is 13.2. The van der Waals surface area contributed by atoms with E-state index in [9.17, 15) is 30.3 Å². The molecule has 6 N–H and O–H groups in total. The van der Waals surface area contributed by atoms with Gasteiger partial charge in [-0.1, -0.05) is 334 Å². The fraction of sp³-hybridized carbons (Fsp3) is 0.731. The van der Waals surface area contributed by atoms with Crippen molar-refractivity contribution in [3.8, 4) is 0 Å². The smallest absolute Gasteiger partial charge is 0.220 e. The van der Waals surface area contributed by atoms with E-state index in [4.69, 9.17) is 9.47 Å². The minimum absolute atomic E-state index is 0.155. The monoisotopic (exact) mass is 1210 g/mol. The number of carbonyl (C=O) groups excluding carboxylic acids is 1. The quantitative estimate of drug-likeness (QED) is 0.0261. The Morgan fingerprint density at radius 3 is 1.06 bits per heavy atom. The molecule has 1 rings (SSSR count). The lowest BCUT2D eigenvalue weighted by molar-refractivity contribution is -0.302. The molecule has 1 aliphatic rings. The molecule has 0 aromatic rings. The van der Waals surface area contributed by atoms with E-state index in [2.05, 4.69) is 141 Å². The van der Waals surface area contributed by atoms with E-state index in [0.29, 0.717) is 12.8 Å². The lowest BCUT2D eigenvalue weighted by atomic mass is 9.99. The highest BCUT2D eigenvalue weighted by molar-refractivity contribution is 5.76. The number of rotatable bonds is 62. The summed E-state index contributed by atoms with van der Waals surface area (Å²) in [6.07, 6.45) is 91.2. The van der Waals surface area contributed by atoms with Crippen molar-refractivity contribution in [2.24, 2.45) is 0 Å². The molecule has 1 amide bonds. The van der Waals surface area contributed by atoms with Crippen molar-refractivity contribution >= 4 is 5.91 Å². The molecule has 0 bridgehead atoms. The highest BCUT2D eigenvalue weighted by Gasteiger charge is 2.44. The Balaban J connectivity index is 2.17. The maximum Gasteiger partial charge on any atom is 0.220 e. The van der Waals surface area contributed by atoms with Gasteiger partial charge in [0.1, 0.15) is 24.4 Å². The Labute approximate surface area is 535 Å². The van der Waals surface area contributed by atoms with Crippen LogP contribution in [0.4, 0.5) is 0 Å². The van der Waals surface area contributed by atoms with Gasteiger partial charge >= 0.3 is 0 Å². The van der Waals surface area contributed by atoms with Crippen molar-refractivity contribution < 1.29 is 39.8 Å². The van der Waals surface area contributed by atoms with Crippen LogP contribution in [0.5, 0.6) is 0 Å². The van der Waals surface area contributed by atoms with E-state index >= 15 is 0 Å². The lowest BCUT2D eigenvalue weighted by Gasteiger charge is -2.40. The third-order valence-electron chi connectivity index (χ3n) is 16.6. The van der Waals surface area contributed by atoms with Gasteiger partial charge in [0.15, 0.2) is 6.29 Å². The van der Waals surface area contributed by atoms with Crippen LogP contribution in [0.3, 0.4) is 0 Å². The third kappa shape index (κ3) is 54.1. The van der Waals surface area contributed by atoms with Crippen LogP contribution in [-0.2, 0) is 14.3 Å². The van der Waals surface area contributed by atoms with E-state index in [1.807, 2.05) is 0 Å². The van der Waals surface area contributed by atoms with Crippen molar-refractivity contribution in [1.82, 2.24) is 5.32 Å². The molecule has 0 aliphatic carbocycles. The first kappa shape index (κ1) is 81.6. The minimum Gasteiger partial charge on any atom is -0.394 e. The number of aliphatic hydroxyl groups excluding tert-OH is 5. The number of hydrogen-bond donors (Lipinski definition) is 6. The number of ether oxygens (including phenoxy) is 2. The van der Waals surface area contributed by atoms with Gasteiger partial charge in [0, 0.05) is 6.42 Å². The van der Waals surface area contributed by atoms with Crippen LogP contribution in [-0.4, -0.2) is 87.5 Å². The van der Waals surface area contributed by atoms with Gasteiger partial charge in [0.2, 0.25) is 5.91 Å². The van der Waals surface area contributed by atoms with Crippen LogP contribution < -0.4 is 5.32 Å². The average Bonchev–Trinajstić information content (AvgIpc) is 3.47. The van der Waals surface area contributed by atoms with Gasteiger partial charge < -0.3 is 40.3 Å². The molecule has 9 nitrogen and oxygen atoms in total. The van der Waals surface area contributed by atoms with Gasteiger partial charge in [0.05, 0.1) is 25.4 Å². The predicted molar refractivity (Wildman–Crippen MR) is 373 cm³/mol. The van der Waals surface area contributed by atoms with Crippen molar-refractivity contribution in [3.63, 3.8) is 0 Å². The van der Waals surface area contributed by atoms with Gasteiger partial charge in [-0.25, -0.2) is 0 Å². The highest BCUT2D eigenvalue weighted by atomic mass is 16.7. The van der Waals surface area contributed by atoms with Crippen LogP contribution >= 0.6 is 0 Å². The number of aliphatic hydroxyl groups is 5. The van der Waals surface area contributed by atoms with Gasteiger partial charge in [-0.3, -0.25) is 4.79 Å². The van der Waals surface area contributed by atoms with Crippen molar-refractivity contribution in [1.29, 1.82) is 0 Å². The molecule has 7 unspecified atom stereocenters. The summed E-state index contributed by atoms with van der Waals surface area (Å²) >= 11 is 0. The van der Waals surface area contributed by atoms with E-state index in [-0.39, 0.29) is 12.5 Å². The molecule has 1 fully saturated rings. The van der Waals surface area contributed by atoms with Crippen LogP contribution in [0.2, 0.25) is 0 Å². The van der Waals surface area contributed by atoms with Gasteiger partial charge in [-0.15, -0.1) is 0 Å². The average molecular weight is 1210 g/mol. The number of carbonyl (C=O) groups is 1. The molecular formula is C78H135NO8. The summed E-state index contributed by atoms with van der Waals surface area (Å²) in [5.74, 6) is -0.170. The normalized spacial score (nSPS) is 18.7. The number of nitrogens with one attached hydrogen (secondary N) is 1. The fourth-order valence-electron chi connectivity index (χ4n) is 11.0. The minimum atomic E-state index is -1.57. The number of hydrogen-bond acceptors (Lipinski definition) is 8. The van der Waals surface area contributed by atoms with E-state index < -0.39 is 49.5 Å². The first-order chi connectivity index (χ1) is 42.8. The molecule has 87 heavy (non-hydrogen) atoms. The van der Waals surface area contributed by atoms with Crippen molar-refractivity contribution in [3.05, 3.63) is 122 Å². The molecule has 0 aromatic heterocycles. The first-order valence-electron chi connectivity index (χ1n) is 36.2. The Bertz CT molecular complexity index is 1790. The zero-order valence-corrected chi connectivity index (χ0v) is 56.0. The lowest BCUT2D eigenvalue weighted by Crippen LogP contribution is -2.60. The predicted octanol–water partition coefficient (Wildman–Crippen LogP) is 20.2. The van der Waals surface area contributed by atoms with Crippen molar-refractivity contribution in [2.45, 2.75) is 352 Å². The largest absolute Gasteiger partial charge is 0.394 e. The molecule has 1 aliphatic heterocycles. The van der Waals surface area contributed by atoms with E-state index in [0.717, 1.165) is 116 Å². The van der Waals surface area contributed by atoms with Crippen molar-refractivity contribution in [2.75, 3.05) is 13.2 Å². The number of unbranched alkanes of at least 4 members (excludes halogenated alkanes) is 32. The molecule has 500 valence electrons. The SMILES string of the molecule is CC/C=C\C/C=C\C/C=C\C/C=C\C/C=C\C/C=C\C/C=C\C/C=C\C/C=C\C/C=C\CCCCCCC(=O)NC(COC1OC(CO)C(O)C(O)C1O)C(O)CCCCCCCCCCCCCCCCCCCCCCCCCCCCCCC. The number of amides is 1. The molecule has 1 heterocycles. The molecular weight excluding hydrogens is 1080 g/mol. The highest BCUT2D eigenvalue weighted by Crippen LogP contribution is 2.24. The zero-order chi connectivity index (χ0) is 62.8. The topological polar surface area (TPSA) is 149 Å². The molecule has 0 radical (unpaired) electrons. The molecule has 0 aromatic carbocycles. The summed E-state index contributed by atoms with van der Waals surface area (Å²) in [6, 6.07) is -0.744. The summed E-state index contributed by atoms with van der Waals surface area (Å²) in [5, 5.41) is 55.0. The summed E-state index contributed by atoms with van der Waals surface area (Å²) < 4.78 is 11.4. The second-order valence-corrected chi connectivity index (χ2v) is 24.7. The Morgan fingerprint density at radius 1 is 0.402 bits per heavy atom. The molecule has 0 saturated carbocycles. The summed E-state index contributed by atoms with van der Waals surface area (Å²) in [5.41, 5.74) is 0. The Kier molecular flexibility index (Phi) is 61.5. The van der Waals surface area contributed by atoms with Crippen LogP contribution in [0.25, 0.3) is 0 Å². The molecule has 7 atom stereocenters. The van der Waals surface area contributed by atoms with Gasteiger partial charge in [-0.2, -0.15) is 0 Å². The maximum absolute atomic E-state index is 13.2. The second-order valence-electron chi connectivity index (χ2n) is 24.7. The second kappa shape index (κ2) is 65.5. The van der Waals surface area contributed by atoms with E-state index in [1.165, 1.54) is 167 Å². The first-order valence-corrected chi connectivity index (χ1v) is 36.2. The Hall–Kier alpha value is -3.41. The fourth-order valence-corrected chi connectivity index (χ4v) is 11.0. The van der Waals surface area contributed by atoms with Gasteiger partial charge in [0.25, 0.3) is 0 Å². The van der Waals surface area contributed by atoms with Crippen LogP contribution in [0.1, 0.15) is 309 Å². The number of allylic oxidation sites excluding steroid dienone is 20. The van der Waals surface area contributed by atoms with Crippen LogP contribution in [0.15, 0.2) is 122 Å². The van der Waals surface area contributed by atoms with Gasteiger partial charge in [-0.05, 0) is 89.9 Å². The molecule has 9 heteroatoms. The zero-order valence-electron chi connectivity index (χ0n) is 56.0. The summed E-state index contributed by atoms with van der Waals surface area (Å²) in [4.78, 5) is 13.2. The van der Waals surface area contributed by atoms with E-state index in [1.54, 1.807) is 0 Å². The third-order valence-corrected chi connectivity index (χ3v) is 16.6. The Morgan fingerprint density at radius 2 is 0.713 bits per heavy atom. The summed E-state index contributed by atoms with van der Waals surface area (Å²) in [6.45, 7) is 3.74. The summed E-state index contributed by atoms with van der Waals surface area (Å²) in [7, 11) is 0.